The zero-order chi connectivity index (χ0) is 10.9. The van der Waals surface area contributed by atoms with E-state index in [0.717, 1.165) is 17.7 Å². The van der Waals surface area contributed by atoms with E-state index in [2.05, 4.69) is 6.07 Å². The molecule has 1 rings (SSSR count). The van der Waals surface area contributed by atoms with Crippen LogP contribution in [0.5, 0.6) is 0 Å². The van der Waals surface area contributed by atoms with Gasteiger partial charge in [-0.1, -0.05) is 37.6 Å². The molecule has 1 nitrogen and oxygen atoms in total. The highest BCUT2D eigenvalue weighted by molar-refractivity contribution is 7.80. The van der Waals surface area contributed by atoms with Crippen molar-refractivity contribution in [3.05, 3.63) is 35.4 Å². The van der Waals surface area contributed by atoms with E-state index in [1.165, 1.54) is 31.2 Å². The fourth-order valence-corrected chi connectivity index (χ4v) is 1.73. The first-order valence-corrected chi connectivity index (χ1v) is 6.01. The molecule has 0 saturated heterocycles. The third kappa shape index (κ3) is 4.90. The third-order valence-electron chi connectivity index (χ3n) is 2.44. The normalized spacial score (nSPS) is 9.87. The molecule has 0 spiro atoms. The van der Waals surface area contributed by atoms with Crippen LogP contribution in [0.25, 0.3) is 0 Å². The molecule has 0 heterocycles. The number of hydrogen-bond donors (Lipinski definition) is 0. The lowest BCUT2D eigenvalue weighted by molar-refractivity contribution is 0.671. The van der Waals surface area contributed by atoms with Gasteiger partial charge in [-0.15, -0.1) is 0 Å². The quantitative estimate of drug-likeness (QED) is 0.665. The van der Waals surface area contributed by atoms with Crippen molar-refractivity contribution in [3.8, 4) is 6.07 Å². The van der Waals surface area contributed by atoms with Gasteiger partial charge in [0.15, 0.2) is 0 Å². The van der Waals surface area contributed by atoms with Crippen LogP contribution in [0.1, 0.15) is 36.8 Å². The number of nitrogens with zero attached hydrogens (tertiary/aromatic N) is 1. The second-order valence-electron chi connectivity index (χ2n) is 3.68. The van der Waals surface area contributed by atoms with Crippen LogP contribution in [0.3, 0.4) is 0 Å². The number of benzene rings is 1. The van der Waals surface area contributed by atoms with Gasteiger partial charge >= 0.3 is 0 Å². The van der Waals surface area contributed by atoms with Crippen molar-refractivity contribution < 1.29 is 0 Å². The lowest BCUT2D eigenvalue weighted by atomic mass is 10.1. The van der Waals surface area contributed by atoms with E-state index in [1.807, 2.05) is 24.3 Å². The Balaban J connectivity index is 2.23. The summed E-state index contributed by atoms with van der Waals surface area (Å²) in [6, 6.07) is 10.00. The summed E-state index contributed by atoms with van der Waals surface area (Å²) < 4.78 is 0. The molecular formula is C13H16NS. The topological polar surface area (TPSA) is 23.8 Å². The van der Waals surface area contributed by atoms with Gasteiger partial charge in [-0.3, -0.25) is 0 Å². The number of rotatable bonds is 6. The maximum Gasteiger partial charge on any atom is 0.0991 e. The lowest BCUT2D eigenvalue weighted by Crippen LogP contribution is -1.86. The molecule has 1 radical (unpaired) electrons. The maximum absolute atomic E-state index is 8.64. The molecule has 0 aliphatic rings. The first-order chi connectivity index (χ1) is 7.36. The summed E-state index contributed by atoms with van der Waals surface area (Å²) >= 11 is 4.89. The van der Waals surface area contributed by atoms with Crippen LogP contribution < -0.4 is 0 Å². The molecule has 0 aromatic heterocycles. The van der Waals surface area contributed by atoms with Gasteiger partial charge in [0.25, 0.3) is 0 Å². The highest BCUT2D eigenvalue weighted by Gasteiger charge is 1.94. The molecule has 0 saturated carbocycles. The molecule has 0 N–H and O–H groups in total. The Kier molecular flexibility index (Phi) is 5.96. The molecule has 0 aliphatic heterocycles. The highest BCUT2D eigenvalue weighted by Crippen LogP contribution is 2.09. The van der Waals surface area contributed by atoms with Crippen LogP contribution in [0.4, 0.5) is 0 Å². The third-order valence-corrected chi connectivity index (χ3v) is 2.73. The SMILES string of the molecule is N#Cc1ccc(CCCCCC[S])cc1. The van der Waals surface area contributed by atoms with E-state index in [-0.39, 0.29) is 0 Å². The second-order valence-corrected chi connectivity index (χ2v) is 4.09. The van der Waals surface area contributed by atoms with Crippen molar-refractivity contribution in [1.29, 1.82) is 5.26 Å². The minimum atomic E-state index is 0.741. The average Bonchev–Trinajstić information content (AvgIpc) is 2.30. The van der Waals surface area contributed by atoms with Crippen molar-refractivity contribution in [2.45, 2.75) is 32.1 Å². The summed E-state index contributed by atoms with van der Waals surface area (Å²) in [6.45, 7) is 0. The molecule has 0 amide bonds. The van der Waals surface area contributed by atoms with E-state index in [4.69, 9.17) is 17.9 Å². The smallest absolute Gasteiger partial charge is 0.0991 e. The number of hydrogen-bond acceptors (Lipinski definition) is 1. The van der Waals surface area contributed by atoms with Crippen LogP contribution in [-0.2, 0) is 6.42 Å². The molecule has 2 heteroatoms. The predicted octanol–water partition coefficient (Wildman–Crippen LogP) is 3.86. The standard InChI is InChI=1S/C13H16NS/c14-11-13-8-6-12(7-9-13)5-3-1-2-4-10-15/h6-9H,1-5,10H2. The molecule has 1 aromatic carbocycles. The zero-order valence-corrected chi connectivity index (χ0v) is 9.72. The van der Waals surface area contributed by atoms with Crippen LogP contribution >= 0.6 is 12.6 Å². The van der Waals surface area contributed by atoms with Crippen molar-refractivity contribution in [3.63, 3.8) is 0 Å². The van der Waals surface area contributed by atoms with Crippen LogP contribution in [0.15, 0.2) is 24.3 Å². The van der Waals surface area contributed by atoms with Gasteiger partial charge in [0.2, 0.25) is 0 Å². The summed E-state index contributed by atoms with van der Waals surface area (Å²) in [5.74, 6) is 0.886. The minimum absolute atomic E-state index is 0.741. The monoisotopic (exact) mass is 218 g/mol. The Morgan fingerprint density at radius 1 is 1.00 bits per heavy atom. The molecule has 0 atom stereocenters. The second kappa shape index (κ2) is 7.36. The Labute approximate surface area is 97.5 Å². The molecule has 0 fully saturated rings. The van der Waals surface area contributed by atoms with Gasteiger partial charge in [-0.05, 0) is 37.0 Å². The van der Waals surface area contributed by atoms with Crippen LogP contribution in [-0.4, -0.2) is 5.75 Å². The van der Waals surface area contributed by atoms with E-state index >= 15 is 0 Å². The lowest BCUT2D eigenvalue weighted by Gasteiger charge is -2.01. The van der Waals surface area contributed by atoms with E-state index in [1.54, 1.807) is 0 Å². The molecule has 79 valence electrons. The van der Waals surface area contributed by atoms with Crippen molar-refractivity contribution in [2.24, 2.45) is 0 Å². The summed E-state index contributed by atoms with van der Waals surface area (Å²) in [4.78, 5) is 0. The van der Waals surface area contributed by atoms with Gasteiger partial charge in [-0.2, -0.15) is 5.26 Å². The molecule has 15 heavy (non-hydrogen) atoms. The zero-order valence-electron chi connectivity index (χ0n) is 8.91. The first-order valence-electron chi connectivity index (χ1n) is 5.44. The molecule has 0 aliphatic carbocycles. The molecule has 1 aromatic rings. The van der Waals surface area contributed by atoms with Crippen molar-refractivity contribution >= 4 is 12.6 Å². The average molecular weight is 218 g/mol. The van der Waals surface area contributed by atoms with Gasteiger partial charge in [0, 0.05) is 5.75 Å². The fraction of sp³-hybridized carbons (Fsp3) is 0.462. The highest BCUT2D eigenvalue weighted by atomic mass is 32.1. The van der Waals surface area contributed by atoms with Crippen molar-refractivity contribution in [2.75, 3.05) is 5.75 Å². The summed E-state index contributed by atoms with van der Waals surface area (Å²) in [7, 11) is 0. The Morgan fingerprint density at radius 3 is 2.27 bits per heavy atom. The fourth-order valence-electron chi connectivity index (χ4n) is 1.53. The van der Waals surface area contributed by atoms with Gasteiger partial charge in [0.1, 0.15) is 0 Å². The summed E-state index contributed by atoms with van der Waals surface area (Å²) in [5, 5.41) is 8.64. The Morgan fingerprint density at radius 2 is 1.67 bits per heavy atom. The molecule has 0 bridgehead atoms. The van der Waals surface area contributed by atoms with Crippen molar-refractivity contribution in [1.82, 2.24) is 0 Å². The van der Waals surface area contributed by atoms with Gasteiger partial charge in [0.05, 0.1) is 11.6 Å². The van der Waals surface area contributed by atoms with E-state index in [0.29, 0.717) is 0 Å². The van der Waals surface area contributed by atoms with Gasteiger partial charge in [-0.25, -0.2) is 0 Å². The summed E-state index contributed by atoms with van der Waals surface area (Å²) in [6.07, 6.45) is 6.02. The van der Waals surface area contributed by atoms with E-state index in [9.17, 15) is 0 Å². The number of aryl methyl sites for hydroxylation is 1. The maximum atomic E-state index is 8.64. The molecule has 0 unspecified atom stereocenters. The van der Waals surface area contributed by atoms with Gasteiger partial charge < -0.3 is 0 Å². The molecular weight excluding hydrogens is 202 g/mol. The minimum Gasteiger partial charge on any atom is -0.192 e. The predicted molar refractivity (Wildman–Crippen MR) is 65.8 cm³/mol. The number of nitriles is 1. The number of unbranched alkanes of at least 4 members (excludes halogenated alkanes) is 3. The largest absolute Gasteiger partial charge is 0.192 e. The van der Waals surface area contributed by atoms with Crippen LogP contribution in [0, 0.1) is 11.3 Å². The Bertz CT molecular complexity index is 310. The Hall–Kier alpha value is -0.940. The van der Waals surface area contributed by atoms with E-state index < -0.39 is 0 Å². The summed E-state index contributed by atoms with van der Waals surface area (Å²) in [5.41, 5.74) is 2.07. The first kappa shape index (κ1) is 12.1. The van der Waals surface area contributed by atoms with Crippen LogP contribution in [0.2, 0.25) is 0 Å².